The summed E-state index contributed by atoms with van der Waals surface area (Å²) in [6, 6.07) is 10.5. The van der Waals surface area contributed by atoms with Crippen molar-refractivity contribution >= 4 is 10.9 Å². The summed E-state index contributed by atoms with van der Waals surface area (Å²) < 4.78 is 1.93. The number of nitrogens with zero attached hydrogens (tertiary/aromatic N) is 5. The average molecular weight is 351 g/mol. The second-order valence-electron chi connectivity index (χ2n) is 7.14. The monoisotopic (exact) mass is 351 g/mol. The first-order valence-corrected chi connectivity index (χ1v) is 9.36. The number of benzene rings is 1. The van der Waals surface area contributed by atoms with Gasteiger partial charge in [-0.05, 0) is 43.0 Å². The lowest BCUT2D eigenvalue weighted by molar-refractivity contribution is 0.153. The van der Waals surface area contributed by atoms with Crippen molar-refractivity contribution in [3.05, 3.63) is 54.0 Å². The molecule has 1 aliphatic rings. The first-order valence-electron chi connectivity index (χ1n) is 9.36. The molecule has 4 rings (SSSR count). The molecular formula is C20H25N5O. The minimum Gasteiger partial charge on any atom is -0.396 e. The zero-order valence-corrected chi connectivity index (χ0v) is 15.0. The molecule has 1 N–H and O–H groups in total. The molecule has 6 heteroatoms. The standard InChI is InChI=1S/C20H25N5O/c26-11-8-18-15-25(23-22-18)13-16-4-3-10-24(12-16)14-17-7-9-21-20-6-2-1-5-19(17)20/h1-2,5-7,9,15-16,26H,3-4,8,10-14H2/t16-/m1/s1. The molecule has 0 spiro atoms. The van der Waals surface area contributed by atoms with Crippen LogP contribution in [0, 0.1) is 5.92 Å². The van der Waals surface area contributed by atoms with Crippen LogP contribution in [0.25, 0.3) is 10.9 Å². The van der Waals surface area contributed by atoms with Gasteiger partial charge in [0.1, 0.15) is 0 Å². The maximum Gasteiger partial charge on any atom is 0.0849 e. The number of fused-ring (bicyclic) bond motifs is 1. The summed E-state index contributed by atoms with van der Waals surface area (Å²) >= 11 is 0. The molecule has 1 saturated heterocycles. The molecule has 0 aliphatic carbocycles. The van der Waals surface area contributed by atoms with Crippen LogP contribution in [0.1, 0.15) is 24.1 Å². The van der Waals surface area contributed by atoms with Crippen LogP contribution in [0.2, 0.25) is 0 Å². The van der Waals surface area contributed by atoms with Gasteiger partial charge in [0, 0.05) is 50.4 Å². The Morgan fingerprint density at radius 3 is 3.04 bits per heavy atom. The van der Waals surface area contributed by atoms with Gasteiger partial charge in [-0.25, -0.2) is 0 Å². The molecule has 0 unspecified atom stereocenters. The summed E-state index contributed by atoms with van der Waals surface area (Å²) in [5.74, 6) is 0.584. The van der Waals surface area contributed by atoms with Crippen LogP contribution >= 0.6 is 0 Å². The largest absolute Gasteiger partial charge is 0.396 e. The smallest absolute Gasteiger partial charge is 0.0849 e. The van der Waals surface area contributed by atoms with Crippen molar-refractivity contribution in [3.63, 3.8) is 0 Å². The summed E-state index contributed by atoms with van der Waals surface area (Å²) in [6.07, 6.45) is 6.89. The van der Waals surface area contributed by atoms with E-state index in [4.69, 9.17) is 5.11 Å². The van der Waals surface area contributed by atoms with Gasteiger partial charge < -0.3 is 5.11 Å². The molecule has 0 amide bonds. The number of aromatic nitrogens is 4. The van der Waals surface area contributed by atoms with E-state index in [1.54, 1.807) is 0 Å². The maximum atomic E-state index is 9.01. The molecule has 2 aromatic heterocycles. The quantitative estimate of drug-likeness (QED) is 0.738. The number of para-hydroxylation sites is 1. The van der Waals surface area contributed by atoms with Crippen LogP contribution in [0.4, 0.5) is 0 Å². The maximum absolute atomic E-state index is 9.01. The van der Waals surface area contributed by atoms with E-state index in [1.807, 2.05) is 23.1 Å². The third-order valence-corrected chi connectivity index (χ3v) is 5.14. The Morgan fingerprint density at radius 1 is 1.19 bits per heavy atom. The molecule has 0 radical (unpaired) electrons. The van der Waals surface area contributed by atoms with Crippen molar-refractivity contribution < 1.29 is 5.11 Å². The Kier molecular flexibility index (Phi) is 5.22. The van der Waals surface area contributed by atoms with Crippen LogP contribution in [-0.4, -0.2) is 49.7 Å². The Hall–Kier alpha value is -2.31. The van der Waals surface area contributed by atoms with Gasteiger partial charge in [-0.1, -0.05) is 23.4 Å². The van der Waals surface area contributed by atoms with Crippen molar-refractivity contribution in [2.45, 2.75) is 32.4 Å². The highest BCUT2D eigenvalue weighted by Crippen LogP contribution is 2.23. The van der Waals surface area contributed by atoms with Crippen molar-refractivity contribution in [1.29, 1.82) is 0 Å². The lowest BCUT2D eigenvalue weighted by Crippen LogP contribution is -2.36. The SMILES string of the molecule is OCCc1cn(C[C@@H]2CCCN(Cc3ccnc4ccccc34)C2)nn1. The predicted octanol–water partition coefficient (Wildman–Crippen LogP) is 2.27. The molecule has 1 fully saturated rings. The molecule has 0 saturated carbocycles. The number of hydrogen-bond acceptors (Lipinski definition) is 5. The minimum absolute atomic E-state index is 0.121. The number of likely N-dealkylation sites (tertiary alicyclic amines) is 1. The van der Waals surface area contributed by atoms with Gasteiger partial charge in [-0.15, -0.1) is 5.10 Å². The fourth-order valence-electron chi connectivity index (χ4n) is 3.90. The van der Waals surface area contributed by atoms with E-state index in [9.17, 15) is 0 Å². The first-order chi connectivity index (χ1) is 12.8. The zero-order valence-electron chi connectivity index (χ0n) is 15.0. The van der Waals surface area contributed by atoms with Crippen LogP contribution in [0.5, 0.6) is 0 Å². The summed E-state index contributed by atoms with van der Waals surface area (Å²) in [4.78, 5) is 7.01. The van der Waals surface area contributed by atoms with Crippen molar-refractivity contribution in [2.75, 3.05) is 19.7 Å². The molecule has 26 heavy (non-hydrogen) atoms. The van der Waals surface area contributed by atoms with Crippen LogP contribution in [0.15, 0.2) is 42.7 Å². The molecule has 0 bridgehead atoms. The van der Waals surface area contributed by atoms with Gasteiger partial charge in [-0.2, -0.15) is 0 Å². The molecule has 6 nitrogen and oxygen atoms in total. The number of aliphatic hydroxyl groups is 1. The number of pyridine rings is 1. The van der Waals surface area contributed by atoms with Crippen LogP contribution in [0.3, 0.4) is 0 Å². The van der Waals surface area contributed by atoms with Gasteiger partial charge in [0.15, 0.2) is 0 Å². The minimum atomic E-state index is 0.121. The summed E-state index contributed by atoms with van der Waals surface area (Å²) in [6.45, 7) is 4.20. The lowest BCUT2D eigenvalue weighted by Gasteiger charge is -2.32. The number of hydrogen-bond donors (Lipinski definition) is 1. The van der Waals surface area contributed by atoms with Crippen molar-refractivity contribution in [1.82, 2.24) is 24.9 Å². The van der Waals surface area contributed by atoms with Crippen LogP contribution in [-0.2, 0) is 19.5 Å². The molecule has 1 atom stereocenters. The Bertz CT molecular complexity index is 857. The van der Waals surface area contributed by atoms with E-state index in [1.165, 1.54) is 23.8 Å². The zero-order chi connectivity index (χ0) is 17.8. The van der Waals surface area contributed by atoms with Gasteiger partial charge in [0.05, 0.1) is 11.2 Å². The summed E-state index contributed by atoms with van der Waals surface area (Å²) in [7, 11) is 0. The summed E-state index contributed by atoms with van der Waals surface area (Å²) in [5.41, 5.74) is 3.28. The van der Waals surface area contributed by atoms with Gasteiger partial charge >= 0.3 is 0 Å². The Balaban J connectivity index is 1.41. The second kappa shape index (κ2) is 7.93. The Labute approximate surface area is 153 Å². The van der Waals surface area contributed by atoms with Gasteiger partial charge in [-0.3, -0.25) is 14.6 Å². The van der Waals surface area contributed by atoms with Crippen molar-refractivity contribution in [3.8, 4) is 0 Å². The fraction of sp³-hybridized carbons (Fsp3) is 0.450. The van der Waals surface area contributed by atoms with Gasteiger partial charge in [0.2, 0.25) is 0 Å². The third kappa shape index (κ3) is 3.92. The number of rotatable bonds is 6. The second-order valence-corrected chi connectivity index (χ2v) is 7.14. The average Bonchev–Trinajstić information content (AvgIpc) is 3.10. The van der Waals surface area contributed by atoms with E-state index in [-0.39, 0.29) is 6.61 Å². The summed E-state index contributed by atoms with van der Waals surface area (Å²) in [5, 5.41) is 18.6. The molecule has 136 valence electrons. The fourth-order valence-corrected chi connectivity index (χ4v) is 3.90. The van der Waals surface area contributed by atoms with Crippen LogP contribution < -0.4 is 0 Å². The van der Waals surface area contributed by atoms with Crippen molar-refractivity contribution in [2.24, 2.45) is 5.92 Å². The highest BCUT2D eigenvalue weighted by molar-refractivity contribution is 5.81. The molecule has 1 aromatic carbocycles. The molecule has 3 aromatic rings. The number of aliphatic hydroxyl groups excluding tert-OH is 1. The highest BCUT2D eigenvalue weighted by atomic mass is 16.3. The van der Waals surface area contributed by atoms with E-state index < -0.39 is 0 Å². The topological polar surface area (TPSA) is 67.1 Å². The highest BCUT2D eigenvalue weighted by Gasteiger charge is 2.21. The van der Waals surface area contributed by atoms with Gasteiger partial charge in [0.25, 0.3) is 0 Å². The molecule has 1 aliphatic heterocycles. The normalized spacial score (nSPS) is 18.4. The van der Waals surface area contributed by atoms with E-state index in [0.717, 1.165) is 37.4 Å². The third-order valence-electron chi connectivity index (χ3n) is 5.14. The molecule has 3 heterocycles. The molecular weight excluding hydrogens is 326 g/mol. The number of piperidine rings is 1. The Morgan fingerprint density at radius 2 is 2.12 bits per heavy atom. The first kappa shape index (κ1) is 17.1. The van der Waals surface area contributed by atoms with E-state index in [2.05, 4.69) is 44.5 Å². The lowest BCUT2D eigenvalue weighted by atomic mass is 9.97. The van der Waals surface area contributed by atoms with E-state index in [0.29, 0.717) is 12.3 Å². The van der Waals surface area contributed by atoms with E-state index >= 15 is 0 Å². The predicted molar refractivity (Wildman–Crippen MR) is 101 cm³/mol.